The van der Waals surface area contributed by atoms with Crippen molar-refractivity contribution in [1.82, 2.24) is 5.32 Å². The Balaban J connectivity index is 2.64. The van der Waals surface area contributed by atoms with Crippen LogP contribution in [0.1, 0.15) is 18.9 Å². The van der Waals surface area contributed by atoms with Gasteiger partial charge in [-0.1, -0.05) is 11.6 Å². The quantitative estimate of drug-likeness (QED) is 0.836. The minimum atomic E-state index is -0.308. The van der Waals surface area contributed by atoms with E-state index in [9.17, 15) is 9.90 Å². The van der Waals surface area contributed by atoms with Gasteiger partial charge in [-0.15, -0.1) is 0 Å². The Hall–Kier alpha value is -1.93. The first-order chi connectivity index (χ1) is 9.08. The van der Waals surface area contributed by atoms with Gasteiger partial charge in [0, 0.05) is 6.54 Å². The van der Waals surface area contributed by atoms with Crippen LogP contribution in [0.25, 0.3) is 0 Å². The summed E-state index contributed by atoms with van der Waals surface area (Å²) in [5, 5.41) is 20.8. The first-order valence-electron chi connectivity index (χ1n) is 5.86. The number of rotatable bonds is 6. The van der Waals surface area contributed by atoms with E-state index in [0.29, 0.717) is 25.3 Å². The molecule has 0 heterocycles. The third-order valence-electron chi connectivity index (χ3n) is 2.36. The molecule has 0 aliphatic rings. The lowest BCUT2D eigenvalue weighted by atomic mass is 10.1. The second kappa shape index (κ2) is 7.49. The van der Waals surface area contributed by atoms with Crippen LogP contribution in [0.3, 0.4) is 0 Å². The van der Waals surface area contributed by atoms with E-state index in [1.165, 1.54) is 0 Å². The molecule has 1 rings (SSSR count). The standard InChI is InChI=1S/C13H15ClN2O3/c1-2-19-11-8-9(7-10(14)13(11)18)4-6-16-12(17)3-5-15/h7-8,18H,2-4,6H2,1H3,(H,16,17). The second-order valence-corrected chi connectivity index (χ2v) is 4.20. The number of benzene rings is 1. The molecule has 0 aromatic heterocycles. The van der Waals surface area contributed by atoms with E-state index < -0.39 is 0 Å². The number of carbonyl (C=O) groups is 1. The van der Waals surface area contributed by atoms with Gasteiger partial charge in [-0.2, -0.15) is 5.26 Å². The molecule has 1 aromatic rings. The van der Waals surface area contributed by atoms with Gasteiger partial charge >= 0.3 is 0 Å². The number of carbonyl (C=O) groups excluding carboxylic acids is 1. The molecule has 19 heavy (non-hydrogen) atoms. The molecule has 0 saturated carbocycles. The fourth-order valence-electron chi connectivity index (χ4n) is 1.52. The van der Waals surface area contributed by atoms with Crippen molar-refractivity contribution < 1.29 is 14.6 Å². The van der Waals surface area contributed by atoms with Gasteiger partial charge in [0.2, 0.25) is 5.91 Å². The maximum Gasteiger partial charge on any atom is 0.234 e. The summed E-state index contributed by atoms with van der Waals surface area (Å²) in [4.78, 5) is 11.1. The molecule has 0 bridgehead atoms. The summed E-state index contributed by atoms with van der Waals surface area (Å²) in [6.07, 6.45) is 0.387. The van der Waals surface area contributed by atoms with Crippen LogP contribution >= 0.6 is 11.6 Å². The van der Waals surface area contributed by atoms with Crippen molar-refractivity contribution >= 4 is 17.5 Å². The molecule has 0 unspecified atom stereocenters. The average Bonchev–Trinajstić information content (AvgIpc) is 2.36. The van der Waals surface area contributed by atoms with E-state index in [0.717, 1.165) is 5.56 Å². The van der Waals surface area contributed by atoms with Crippen LogP contribution in [0.5, 0.6) is 11.5 Å². The predicted molar refractivity (Wildman–Crippen MR) is 71.2 cm³/mol. The molecule has 0 spiro atoms. The highest BCUT2D eigenvalue weighted by Crippen LogP contribution is 2.35. The number of nitrogens with one attached hydrogen (secondary N) is 1. The number of phenolic OH excluding ortho intramolecular Hbond substituents is 1. The molecule has 2 N–H and O–H groups in total. The molecule has 0 radical (unpaired) electrons. The summed E-state index contributed by atoms with van der Waals surface area (Å²) in [6, 6.07) is 5.07. The van der Waals surface area contributed by atoms with Crippen molar-refractivity contribution in [3.8, 4) is 17.6 Å². The van der Waals surface area contributed by atoms with Gasteiger partial charge in [0.05, 0.1) is 17.7 Å². The number of halogens is 1. The fraction of sp³-hybridized carbons (Fsp3) is 0.385. The highest BCUT2D eigenvalue weighted by Gasteiger charge is 2.09. The number of hydrogen-bond donors (Lipinski definition) is 2. The fourth-order valence-corrected chi connectivity index (χ4v) is 1.75. The van der Waals surface area contributed by atoms with Crippen LogP contribution in [-0.4, -0.2) is 24.2 Å². The first-order valence-corrected chi connectivity index (χ1v) is 6.24. The van der Waals surface area contributed by atoms with Crippen LogP contribution in [0.15, 0.2) is 12.1 Å². The number of hydrogen-bond acceptors (Lipinski definition) is 4. The van der Waals surface area contributed by atoms with Crippen LogP contribution < -0.4 is 10.1 Å². The lowest BCUT2D eigenvalue weighted by Crippen LogP contribution is -2.24. The number of aromatic hydroxyl groups is 1. The molecule has 1 aromatic carbocycles. The topological polar surface area (TPSA) is 82.3 Å². The summed E-state index contributed by atoms with van der Waals surface area (Å²) in [5.41, 5.74) is 0.837. The third kappa shape index (κ3) is 4.68. The van der Waals surface area contributed by atoms with E-state index in [-0.39, 0.29) is 23.1 Å². The maximum atomic E-state index is 11.1. The lowest BCUT2D eigenvalue weighted by Gasteiger charge is -2.10. The number of ether oxygens (including phenoxy) is 1. The predicted octanol–water partition coefficient (Wildman–Crippen LogP) is 2.02. The molecule has 6 heteroatoms. The van der Waals surface area contributed by atoms with Crippen LogP contribution in [0.2, 0.25) is 5.02 Å². The third-order valence-corrected chi connectivity index (χ3v) is 2.65. The summed E-state index contributed by atoms with van der Waals surface area (Å²) < 4.78 is 5.26. The lowest BCUT2D eigenvalue weighted by molar-refractivity contribution is -0.120. The zero-order valence-electron chi connectivity index (χ0n) is 10.6. The number of phenols is 1. The molecule has 102 valence electrons. The minimum absolute atomic E-state index is 0.0826. The molecule has 0 aliphatic carbocycles. The monoisotopic (exact) mass is 282 g/mol. The zero-order chi connectivity index (χ0) is 14.3. The molecular weight excluding hydrogens is 268 g/mol. The van der Waals surface area contributed by atoms with Gasteiger partial charge in [0.25, 0.3) is 0 Å². The van der Waals surface area contributed by atoms with Crippen molar-refractivity contribution in [3.63, 3.8) is 0 Å². The van der Waals surface area contributed by atoms with Crippen molar-refractivity contribution in [1.29, 1.82) is 5.26 Å². The van der Waals surface area contributed by atoms with Gasteiger partial charge in [-0.25, -0.2) is 0 Å². The van der Waals surface area contributed by atoms with E-state index in [1.807, 2.05) is 6.92 Å². The Kier molecular flexibility index (Phi) is 5.97. The van der Waals surface area contributed by atoms with Crippen LogP contribution in [-0.2, 0) is 11.2 Å². The molecular formula is C13H15ClN2O3. The van der Waals surface area contributed by atoms with Gasteiger partial charge in [0.15, 0.2) is 11.5 Å². The second-order valence-electron chi connectivity index (χ2n) is 3.79. The van der Waals surface area contributed by atoms with Gasteiger partial charge < -0.3 is 15.2 Å². The number of nitrogens with zero attached hydrogens (tertiary/aromatic N) is 1. The SMILES string of the molecule is CCOc1cc(CCNC(=O)CC#N)cc(Cl)c1O. The normalized spacial score (nSPS) is 9.74. The Morgan fingerprint density at radius 1 is 1.58 bits per heavy atom. The van der Waals surface area contributed by atoms with E-state index >= 15 is 0 Å². The van der Waals surface area contributed by atoms with Crippen LogP contribution in [0, 0.1) is 11.3 Å². The van der Waals surface area contributed by atoms with E-state index in [2.05, 4.69) is 5.32 Å². The first kappa shape index (κ1) is 15.1. The number of nitriles is 1. The molecule has 0 atom stereocenters. The van der Waals surface area contributed by atoms with Gasteiger partial charge in [-0.3, -0.25) is 4.79 Å². The Labute approximate surface area is 116 Å². The Morgan fingerprint density at radius 3 is 2.95 bits per heavy atom. The van der Waals surface area contributed by atoms with Gasteiger partial charge in [-0.05, 0) is 31.0 Å². The van der Waals surface area contributed by atoms with Crippen molar-refractivity contribution in [2.45, 2.75) is 19.8 Å². The zero-order valence-corrected chi connectivity index (χ0v) is 11.3. The summed E-state index contributed by atoms with van der Waals surface area (Å²) in [5.74, 6) is -0.0634. The van der Waals surface area contributed by atoms with E-state index in [4.69, 9.17) is 21.6 Å². The molecule has 5 nitrogen and oxygen atoms in total. The molecule has 1 amide bonds. The summed E-state index contributed by atoms with van der Waals surface area (Å²) in [6.45, 7) is 2.63. The molecule has 0 fully saturated rings. The van der Waals surface area contributed by atoms with Gasteiger partial charge in [0.1, 0.15) is 6.42 Å². The summed E-state index contributed by atoms with van der Waals surface area (Å²) >= 11 is 5.89. The molecule has 0 aliphatic heterocycles. The number of amides is 1. The summed E-state index contributed by atoms with van der Waals surface area (Å²) in [7, 11) is 0. The van der Waals surface area contributed by atoms with E-state index in [1.54, 1.807) is 18.2 Å². The molecule has 0 saturated heterocycles. The van der Waals surface area contributed by atoms with Crippen molar-refractivity contribution in [3.05, 3.63) is 22.7 Å². The highest BCUT2D eigenvalue weighted by atomic mass is 35.5. The maximum absolute atomic E-state index is 11.1. The van der Waals surface area contributed by atoms with Crippen LogP contribution in [0.4, 0.5) is 0 Å². The average molecular weight is 283 g/mol. The largest absolute Gasteiger partial charge is 0.503 e. The van der Waals surface area contributed by atoms with Crippen molar-refractivity contribution in [2.75, 3.05) is 13.2 Å². The minimum Gasteiger partial charge on any atom is -0.503 e. The van der Waals surface area contributed by atoms with Crippen molar-refractivity contribution in [2.24, 2.45) is 0 Å². The Morgan fingerprint density at radius 2 is 2.32 bits per heavy atom. The smallest absolute Gasteiger partial charge is 0.234 e. The highest BCUT2D eigenvalue weighted by molar-refractivity contribution is 6.32. The Bertz CT molecular complexity index is 497.